The summed E-state index contributed by atoms with van der Waals surface area (Å²) < 4.78 is 55.6. The third-order valence-corrected chi connectivity index (χ3v) is 4.62. The van der Waals surface area contributed by atoms with Crippen LogP contribution in [0.25, 0.3) is 0 Å². The molecule has 1 unspecified atom stereocenters. The van der Waals surface area contributed by atoms with E-state index in [1.165, 1.54) is 30.6 Å². The molecule has 1 atom stereocenters. The van der Waals surface area contributed by atoms with Crippen LogP contribution in [0.4, 0.5) is 29.2 Å². The van der Waals surface area contributed by atoms with Gasteiger partial charge in [0.15, 0.2) is 11.6 Å². The van der Waals surface area contributed by atoms with Crippen LogP contribution in [0.5, 0.6) is 5.75 Å². The van der Waals surface area contributed by atoms with Crippen molar-refractivity contribution in [1.29, 1.82) is 0 Å². The number of carbonyl (C=O) groups is 1. The first-order valence-electron chi connectivity index (χ1n) is 9.83. The number of halogens is 4. The summed E-state index contributed by atoms with van der Waals surface area (Å²) in [7, 11) is 0. The number of alkyl halides is 3. The van der Waals surface area contributed by atoms with Gasteiger partial charge in [0, 0.05) is 6.54 Å². The maximum Gasteiger partial charge on any atom is 0.573 e. The standard InChI is InChI=1S/C22H21F4N5O2/c1-13(16-6-8-17(9-7-16)33-22(24,25)26)31-21-19(23)20(29-12-30-21)28-11-15-4-2-14(3-5-15)10-18(27)32/h2-9,12-13H,10-11H2,1H3,(H2,27,32)(H2,28,29,30,31). The summed E-state index contributed by atoms with van der Waals surface area (Å²) in [6.07, 6.45) is -3.44. The van der Waals surface area contributed by atoms with Gasteiger partial charge in [-0.2, -0.15) is 4.39 Å². The van der Waals surface area contributed by atoms with E-state index in [0.717, 1.165) is 11.1 Å². The number of nitrogens with zero attached hydrogens (tertiary/aromatic N) is 2. The van der Waals surface area contributed by atoms with Gasteiger partial charge >= 0.3 is 6.36 Å². The van der Waals surface area contributed by atoms with Gasteiger partial charge < -0.3 is 21.1 Å². The molecular formula is C22H21F4N5O2. The highest BCUT2D eigenvalue weighted by molar-refractivity contribution is 5.76. The molecule has 1 heterocycles. The number of aromatic nitrogens is 2. The van der Waals surface area contributed by atoms with E-state index in [1.807, 2.05) is 0 Å². The number of nitrogens with two attached hydrogens (primary N) is 1. The number of hydrogen-bond donors (Lipinski definition) is 3. The molecule has 0 aliphatic carbocycles. The predicted molar refractivity (Wildman–Crippen MR) is 114 cm³/mol. The van der Waals surface area contributed by atoms with E-state index in [2.05, 4.69) is 25.3 Å². The molecule has 2 aromatic carbocycles. The third-order valence-electron chi connectivity index (χ3n) is 4.62. The molecule has 0 radical (unpaired) electrons. The Morgan fingerprint density at radius 1 is 1.03 bits per heavy atom. The second-order valence-corrected chi connectivity index (χ2v) is 7.18. The molecule has 3 aromatic rings. The average molecular weight is 463 g/mol. The number of benzene rings is 2. The molecule has 7 nitrogen and oxygen atoms in total. The zero-order chi connectivity index (χ0) is 24.0. The van der Waals surface area contributed by atoms with Crippen molar-refractivity contribution < 1.29 is 27.1 Å². The molecule has 4 N–H and O–H groups in total. The van der Waals surface area contributed by atoms with Gasteiger partial charge in [-0.25, -0.2) is 9.97 Å². The van der Waals surface area contributed by atoms with Gasteiger partial charge in [-0.15, -0.1) is 13.2 Å². The number of amides is 1. The first-order valence-corrected chi connectivity index (χ1v) is 9.83. The predicted octanol–water partition coefficient (Wildman–Crippen LogP) is 4.33. The van der Waals surface area contributed by atoms with Gasteiger partial charge in [0.1, 0.15) is 12.1 Å². The van der Waals surface area contributed by atoms with Crippen molar-refractivity contribution >= 4 is 17.5 Å². The number of hydrogen-bond acceptors (Lipinski definition) is 6. The van der Waals surface area contributed by atoms with Crippen LogP contribution in [0.15, 0.2) is 54.9 Å². The Kier molecular flexibility index (Phi) is 7.31. The summed E-state index contributed by atoms with van der Waals surface area (Å²) in [5.74, 6) is -1.56. The highest BCUT2D eigenvalue weighted by Gasteiger charge is 2.31. The zero-order valence-electron chi connectivity index (χ0n) is 17.5. The summed E-state index contributed by atoms with van der Waals surface area (Å²) in [6, 6.07) is 11.9. The van der Waals surface area contributed by atoms with Crippen LogP contribution in [0.2, 0.25) is 0 Å². The Morgan fingerprint density at radius 2 is 1.64 bits per heavy atom. The molecule has 1 aromatic heterocycles. The minimum absolute atomic E-state index is 0.0187. The first-order chi connectivity index (χ1) is 15.6. The van der Waals surface area contributed by atoms with E-state index in [1.54, 1.807) is 31.2 Å². The minimum atomic E-state index is -4.77. The van der Waals surface area contributed by atoms with E-state index in [4.69, 9.17) is 5.73 Å². The fraction of sp³-hybridized carbons (Fsp3) is 0.227. The summed E-state index contributed by atoms with van der Waals surface area (Å²) >= 11 is 0. The Hall–Kier alpha value is -3.89. The smallest absolute Gasteiger partial charge is 0.406 e. The molecule has 33 heavy (non-hydrogen) atoms. The van der Waals surface area contributed by atoms with Crippen LogP contribution in [-0.2, 0) is 17.8 Å². The molecule has 1 amide bonds. The molecule has 3 rings (SSSR count). The van der Waals surface area contributed by atoms with Gasteiger partial charge in [0.25, 0.3) is 0 Å². The van der Waals surface area contributed by atoms with E-state index in [-0.39, 0.29) is 30.4 Å². The Bertz CT molecular complexity index is 1090. The minimum Gasteiger partial charge on any atom is -0.406 e. The second-order valence-electron chi connectivity index (χ2n) is 7.18. The molecule has 11 heteroatoms. The largest absolute Gasteiger partial charge is 0.573 e. The second kappa shape index (κ2) is 10.2. The summed E-state index contributed by atoms with van der Waals surface area (Å²) in [5, 5.41) is 5.78. The van der Waals surface area contributed by atoms with Gasteiger partial charge in [0.2, 0.25) is 11.7 Å². The molecule has 0 aliphatic rings. The lowest BCUT2D eigenvalue weighted by Crippen LogP contribution is -2.17. The monoisotopic (exact) mass is 463 g/mol. The van der Waals surface area contributed by atoms with Crippen molar-refractivity contribution in [2.24, 2.45) is 5.73 Å². The molecule has 0 spiro atoms. The van der Waals surface area contributed by atoms with Crippen molar-refractivity contribution in [2.45, 2.75) is 32.3 Å². The maximum absolute atomic E-state index is 14.9. The fourth-order valence-electron chi connectivity index (χ4n) is 3.00. The lowest BCUT2D eigenvalue weighted by Gasteiger charge is -2.17. The summed E-state index contributed by atoms with van der Waals surface area (Å²) in [6.45, 7) is 1.99. The number of primary amides is 1. The van der Waals surface area contributed by atoms with Crippen molar-refractivity contribution in [3.63, 3.8) is 0 Å². The normalized spacial score (nSPS) is 12.2. The van der Waals surface area contributed by atoms with E-state index in [9.17, 15) is 22.4 Å². The van der Waals surface area contributed by atoms with Crippen molar-refractivity contribution in [2.75, 3.05) is 10.6 Å². The van der Waals surface area contributed by atoms with Crippen molar-refractivity contribution in [3.8, 4) is 5.75 Å². The van der Waals surface area contributed by atoms with Crippen LogP contribution >= 0.6 is 0 Å². The SMILES string of the molecule is CC(Nc1ncnc(NCc2ccc(CC(N)=O)cc2)c1F)c1ccc(OC(F)(F)F)cc1. The summed E-state index contributed by atoms with van der Waals surface area (Å²) in [4.78, 5) is 18.8. The van der Waals surface area contributed by atoms with Gasteiger partial charge in [-0.3, -0.25) is 4.79 Å². The van der Waals surface area contributed by atoms with Crippen molar-refractivity contribution in [1.82, 2.24) is 9.97 Å². The molecule has 0 saturated carbocycles. The highest BCUT2D eigenvalue weighted by Crippen LogP contribution is 2.27. The van der Waals surface area contributed by atoms with Crippen LogP contribution in [-0.4, -0.2) is 22.2 Å². The van der Waals surface area contributed by atoms with Crippen molar-refractivity contribution in [3.05, 3.63) is 77.4 Å². The molecule has 0 saturated heterocycles. The lowest BCUT2D eigenvalue weighted by molar-refractivity contribution is -0.274. The molecule has 0 bridgehead atoms. The Morgan fingerprint density at radius 3 is 2.24 bits per heavy atom. The zero-order valence-corrected chi connectivity index (χ0v) is 17.5. The van der Waals surface area contributed by atoms with E-state index >= 15 is 0 Å². The number of rotatable bonds is 9. The quantitative estimate of drug-likeness (QED) is 0.409. The number of nitrogens with one attached hydrogen (secondary N) is 2. The fourth-order valence-corrected chi connectivity index (χ4v) is 3.00. The maximum atomic E-state index is 14.9. The average Bonchev–Trinajstić information content (AvgIpc) is 2.74. The third kappa shape index (κ3) is 7.06. The number of ether oxygens (including phenoxy) is 1. The number of carbonyl (C=O) groups excluding carboxylic acids is 1. The van der Waals surface area contributed by atoms with Gasteiger partial charge in [-0.1, -0.05) is 36.4 Å². The van der Waals surface area contributed by atoms with Gasteiger partial charge in [0.05, 0.1) is 12.5 Å². The van der Waals surface area contributed by atoms with Crippen LogP contribution in [0.3, 0.4) is 0 Å². The lowest BCUT2D eigenvalue weighted by atomic mass is 10.1. The molecule has 0 fully saturated rings. The Labute approximate surface area is 187 Å². The highest BCUT2D eigenvalue weighted by atomic mass is 19.4. The van der Waals surface area contributed by atoms with Crippen LogP contribution in [0.1, 0.15) is 29.7 Å². The molecular weight excluding hydrogens is 442 g/mol. The topological polar surface area (TPSA) is 102 Å². The van der Waals surface area contributed by atoms with Gasteiger partial charge in [-0.05, 0) is 35.7 Å². The van der Waals surface area contributed by atoms with Crippen LogP contribution in [0, 0.1) is 5.82 Å². The van der Waals surface area contributed by atoms with E-state index < -0.39 is 24.1 Å². The van der Waals surface area contributed by atoms with E-state index in [0.29, 0.717) is 5.56 Å². The summed E-state index contributed by atoms with van der Waals surface area (Å²) in [5.41, 5.74) is 7.39. The van der Waals surface area contributed by atoms with Crippen LogP contribution < -0.4 is 21.1 Å². The molecule has 174 valence electrons. The first kappa shape index (κ1) is 23.8. The number of anilines is 2. The molecule has 0 aliphatic heterocycles. The Balaban J connectivity index is 1.63.